The quantitative estimate of drug-likeness (QED) is 0.411. The number of hydrogen-bond donors (Lipinski definition) is 3. The van der Waals surface area contributed by atoms with Crippen LogP contribution in [0.25, 0.3) is 11.5 Å². The minimum absolute atomic E-state index is 0.0231. The summed E-state index contributed by atoms with van der Waals surface area (Å²) in [5.41, 5.74) is 0.982. The van der Waals surface area contributed by atoms with Gasteiger partial charge in [0.2, 0.25) is 5.89 Å². The number of allylic oxidation sites excluding steroid dienone is 1. The second-order valence-electron chi connectivity index (χ2n) is 7.91. The third-order valence-electron chi connectivity index (χ3n) is 5.58. The number of amides is 1. The van der Waals surface area contributed by atoms with Gasteiger partial charge in [-0.15, -0.1) is 10.2 Å². The maximum Gasteiger partial charge on any atom is 0.255 e. The van der Waals surface area contributed by atoms with E-state index < -0.39 is 35.9 Å². The Bertz CT molecular complexity index is 1340. The van der Waals surface area contributed by atoms with Crippen LogP contribution in [-0.4, -0.2) is 44.1 Å². The second-order valence-corrected chi connectivity index (χ2v) is 7.91. The van der Waals surface area contributed by atoms with Gasteiger partial charge in [0.05, 0.1) is 5.71 Å². The molecule has 1 aliphatic rings. The molecule has 11 heteroatoms. The number of halogens is 3. The van der Waals surface area contributed by atoms with Gasteiger partial charge < -0.3 is 25.2 Å². The molecular weight excluding hydrogens is 463 g/mol. The van der Waals surface area contributed by atoms with Crippen LogP contribution < -0.4 is 0 Å². The van der Waals surface area contributed by atoms with Crippen LogP contribution in [0.5, 0.6) is 0 Å². The number of nitrogens with zero attached hydrogens (tertiary/aromatic N) is 3. The fourth-order valence-corrected chi connectivity index (χ4v) is 3.83. The van der Waals surface area contributed by atoms with Crippen molar-refractivity contribution >= 4 is 17.8 Å². The van der Waals surface area contributed by atoms with E-state index in [4.69, 9.17) is 15.2 Å². The molecule has 0 saturated heterocycles. The van der Waals surface area contributed by atoms with Crippen LogP contribution in [0.2, 0.25) is 0 Å². The minimum atomic E-state index is -1.56. The van der Waals surface area contributed by atoms with E-state index in [0.717, 1.165) is 18.3 Å². The summed E-state index contributed by atoms with van der Waals surface area (Å²) < 4.78 is 46.0. The molecule has 8 nitrogen and oxygen atoms in total. The Hall–Kier alpha value is -4.12. The first-order valence-electron chi connectivity index (χ1n) is 10.5. The van der Waals surface area contributed by atoms with Gasteiger partial charge in [0.1, 0.15) is 12.1 Å². The smallest absolute Gasteiger partial charge is 0.255 e. The van der Waals surface area contributed by atoms with Crippen LogP contribution >= 0.6 is 0 Å². The number of carbonyl (C=O) groups is 1. The molecule has 2 aromatic carbocycles. The topological polar surface area (TPSA) is 127 Å². The maximum absolute atomic E-state index is 13.8. The summed E-state index contributed by atoms with van der Waals surface area (Å²) in [6.45, 7) is 1.28. The number of rotatable bonds is 8. The Morgan fingerprint density at radius 1 is 1.20 bits per heavy atom. The van der Waals surface area contributed by atoms with Gasteiger partial charge >= 0.3 is 0 Å². The normalized spacial score (nSPS) is 15.8. The van der Waals surface area contributed by atoms with Crippen molar-refractivity contribution in [3.8, 4) is 11.5 Å². The zero-order valence-electron chi connectivity index (χ0n) is 18.4. The van der Waals surface area contributed by atoms with Gasteiger partial charge in [-0.05, 0) is 54.5 Å². The van der Waals surface area contributed by atoms with Crippen molar-refractivity contribution in [2.75, 3.05) is 0 Å². The highest BCUT2D eigenvalue weighted by atomic mass is 19.2. The molecule has 0 saturated carbocycles. The van der Waals surface area contributed by atoms with E-state index in [2.05, 4.69) is 10.2 Å². The first-order chi connectivity index (χ1) is 16.7. The van der Waals surface area contributed by atoms with Gasteiger partial charge in [0, 0.05) is 23.9 Å². The number of carbonyl (C=O) groups excluding carboxylic acids is 1. The third kappa shape index (κ3) is 4.62. The van der Waals surface area contributed by atoms with Crippen LogP contribution in [-0.2, 0) is 6.54 Å². The molecule has 180 valence electrons. The Kier molecular flexibility index (Phi) is 6.61. The lowest BCUT2D eigenvalue weighted by Crippen LogP contribution is -2.44. The molecule has 3 aromatic rings. The largest absolute Gasteiger partial charge is 0.418 e. The molecule has 35 heavy (non-hydrogen) atoms. The molecule has 0 fully saturated rings. The van der Waals surface area contributed by atoms with Crippen LogP contribution in [0.3, 0.4) is 0 Å². The molecule has 0 bridgehead atoms. The van der Waals surface area contributed by atoms with E-state index in [-0.39, 0.29) is 35.2 Å². The molecule has 3 atom stereocenters. The summed E-state index contributed by atoms with van der Waals surface area (Å²) in [5.74, 6) is -2.97. The fraction of sp³-hybridized carbons (Fsp3) is 0.208. The maximum atomic E-state index is 13.8. The van der Waals surface area contributed by atoms with Gasteiger partial charge in [-0.25, -0.2) is 13.2 Å². The highest BCUT2D eigenvalue weighted by Gasteiger charge is 2.39. The van der Waals surface area contributed by atoms with Crippen molar-refractivity contribution in [2.24, 2.45) is 0 Å². The van der Waals surface area contributed by atoms with Crippen LogP contribution in [0, 0.1) is 22.5 Å². The number of aliphatic hydroxyl groups excluding tert-OH is 1. The molecule has 4 rings (SSSR count). The highest BCUT2D eigenvalue weighted by Crippen LogP contribution is 2.34. The number of nitrogens with one attached hydrogen (secondary N) is 2. The number of aliphatic hydroxyl groups is 1. The standard InChI is InChI=1S/C24H20F3N5O3/c1-12(25)22-30-31-23(35-22)14-4-5-15-11-32(24(34)16(15)9-14)20(19(29)3-2-8-28)21(33)13-6-7-17(26)18(27)10-13/h2-10,12,20-21,28-29,33H,11H2,1H3/b3-2-,28-8?,29-19?/t12?,20-,21?/m1/s1. The molecule has 1 aromatic heterocycles. The molecule has 0 radical (unpaired) electrons. The molecule has 2 unspecified atom stereocenters. The number of aromatic nitrogens is 2. The van der Waals surface area contributed by atoms with Gasteiger partial charge in [-0.1, -0.05) is 12.1 Å². The van der Waals surface area contributed by atoms with E-state index in [0.29, 0.717) is 11.1 Å². The number of hydrogen-bond acceptors (Lipinski definition) is 7. The summed E-state index contributed by atoms with van der Waals surface area (Å²) >= 11 is 0. The zero-order valence-corrected chi connectivity index (χ0v) is 18.4. The lowest BCUT2D eigenvalue weighted by Gasteiger charge is -2.31. The first-order valence-corrected chi connectivity index (χ1v) is 10.5. The van der Waals surface area contributed by atoms with Crippen molar-refractivity contribution in [3.63, 3.8) is 0 Å². The van der Waals surface area contributed by atoms with Crippen molar-refractivity contribution in [1.29, 1.82) is 10.8 Å². The summed E-state index contributed by atoms with van der Waals surface area (Å²) in [6.07, 6.45) is 0.398. The van der Waals surface area contributed by atoms with E-state index in [1.54, 1.807) is 12.1 Å². The van der Waals surface area contributed by atoms with Crippen molar-refractivity contribution < 1.29 is 27.5 Å². The average molecular weight is 483 g/mol. The third-order valence-corrected chi connectivity index (χ3v) is 5.58. The molecule has 2 heterocycles. The molecule has 0 aliphatic carbocycles. The molecule has 0 spiro atoms. The summed E-state index contributed by atoms with van der Waals surface area (Å²) in [4.78, 5) is 14.6. The van der Waals surface area contributed by atoms with Gasteiger partial charge in [-0.3, -0.25) is 4.79 Å². The summed E-state index contributed by atoms with van der Waals surface area (Å²) in [5, 5.41) is 34.1. The predicted octanol–water partition coefficient (Wildman–Crippen LogP) is 4.33. The Morgan fingerprint density at radius 2 is 1.97 bits per heavy atom. The number of benzene rings is 2. The molecule has 3 N–H and O–H groups in total. The van der Waals surface area contributed by atoms with Gasteiger partial charge in [0.25, 0.3) is 11.8 Å². The van der Waals surface area contributed by atoms with E-state index >= 15 is 0 Å². The number of alkyl halides is 1. The van der Waals surface area contributed by atoms with E-state index in [9.17, 15) is 23.1 Å². The predicted molar refractivity (Wildman–Crippen MR) is 120 cm³/mol. The van der Waals surface area contributed by atoms with E-state index in [1.165, 1.54) is 36.1 Å². The Morgan fingerprint density at radius 3 is 2.63 bits per heavy atom. The lowest BCUT2D eigenvalue weighted by molar-refractivity contribution is 0.0538. The second kappa shape index (κ2) is 9.63. The molecular formula is C24H20F3N5O3. The molecule has 1 aliphatic heterocycles. The van der Waals surface area contributed by atoms with Crippen molar-refractivity contribution in [3.05, 3.63) is 82.8 Å². The van der Waals surface area contributed by atoms with Crippen LogP contribution in [0.4, 0.5) is 13.2 Å². The minimum Gasteiger partial charge on any atom is -0.418 e. The van der Waals surface area contributed by atoms with Crippen molar-refractivity contribution in [1.82, 2.24) is 15.1 Å². The average Bonchev–Trinajstić information content (AvgIpc) is 3.45. The number of fused-ring (bicyclic) bond motifs is 1. The monoisotopic (exact) mass is 483 g/mol. The fourth-order valence-electron chi connectivity index (χ4n) is 3.83. The lowest BCUT2D eigenvalue weighted by atomic mass is 9.96. The first kappa shape index (κ1) is 24.0. The molecule has 1 amide bonds. The van der Waals surface area contributed by atoms with E-state index in [1.807, 2.05) is 0 Å². The zero-order chi connectivity index (χ0) is 25.3. The Balaban J connectivity index is 1.69. The SMILES string of the molecule is CC(F)c1nnc(-c2ccc3c(c2)C(=O)N([C@H](C(=N)/C=C\C=N)C(O)c2ccc(F)c(F)c2)C3)o1. The van der Waals surface area contributed by atoms with Crippen LogP contribution in [0.15, 0.2) is 53.0 Å². The van der Waals surface area contributed by atoms with Crippen molar-refractivity contribution in [2.45, 2.75) is 31.8 Å². The van der Waals surface area contributed by atoms with Gasteiger partial charge in [-0.2, -0.15) is 0 Å². The summed E-state index contributed by atoms with van der Waals surface area (Å²) in [6, 6.07) is 6.34. The Labute approximate surface area is 197 Å². The van der Waals surface area contributed by atoms with Crippen LogP contribution in [0.1, 0.15) is 46.6 Å². The highest BCUT2D eigenvalue weighted by molar-refractivity contribution is 6.06. The summed E-state index contributed by atoms with van der Waals surface area (Å²) in [7, 11) is 0. The van der Waals surface area contributed by atoms with Gasteiger partial charge in [0.15, 0.2) is 17.8 Å².